The van der Waals surface area contributed by atoms with Crippen LogP contribution in [-0.2, 0) is 0 Å². The van der Waals surface area contributed by atoms with Gasteiger partial charge in [0.05, 0.1) is 14.2 Å². The fourth-order valence-electron chi connectivity index (χ4n) is 1.70. The molecule has 0 bridgehead atoms. The predicted octanol–water partition coefficient (Wildman–Crippen LogP) is 2.36. The van der Waals surface area contributed by atoms with Crippen LogP contribution in [0.25, 0.3) is 10.8 Å². The van der Waals surface area contributed by atoms with E-state index in [9.17, 15) is 4.79 Å². The minimum Gasteiger partial charge on any atom is -0.496 e. The molecule has 87 valence electrons. The number of benzene rings is 2. The maximum atomic E-state index is 11.0. The fraction of sp³-hybridized carbons (Fsp3) is 0.154. The largest absolute Gasteiger partial charge is 0.496 e. The molecule has 2 aromatic rings. The summed E-state index contributed by atoms with van der Waals surface area (Å²) in [5.74, 6) is -0.130. The van der Waals surface area contributed by atoms with E-state index >= 15 is 0 Å². The number of hydrogen-bond donors (Lipinski definition) is 1. The van der Waals surface area contributed by atoms with Crippen molar-refractivity contribution in [1.29, 1.82) is 0 Å². The quantitative estimate of drug-likeness (QED) is 0.880. The van der Waals surface area contributed by atoms with Gasteiger partial charge in [-0.3, -0.25) is 0 Å². The van der Waals surface area contributed by atoms with Gasteiger partial charge in [0, 0.05) is 11.5 Å². The number of carbonyl (C=O) groups is 1. The second-order valence-corrected chi connectivity index (χ2v) is 3.44. The Morgan fingerprint density at radius 1 is 1.24 bits per heavy atom. The normalized spacial score (nSPS) is 10.2. The van der Waals surface area contributed by atoms with E-state index in [2.05, 4.69) is 6.07 Å². The molecule has 0 aliphatic heterocycles. The number of ether oxygens (including phenoxy) is 2. The van der Waals surface area contributed by atoms with Gasteiger partial charge in [-0.1, -0.05) is 12.1 Å². The zero-order valence-electron chi connectivity index (χ0n) is 9.48. The summed E-state index contributed by atoms with van der Waals surface area (Å²) in [5, 5.41) is 10.5. The third-order valence-corrected chi connectivity index (χ3v) is 2.50. The minimum atomic E-state index is -1.06. The van der Waals surface area contributed by atoms with Crippen molar-refractivity contribution in [2.24, 2.45) is 0 Å². The van der Waals surface area contributed by atoms with Crippen molar-refractivity contribution in [3.8, 4) is 11.5 Å². The maximum Gasteiger partial charge on any atom is 0.340 e. The Morgan fingerprint density at radius 3 is 2.53 bits per heavy atom. The van der Waals surface area contributed by atoms with Crippen LogP contribution in [0.3, 0.4) is 0 Å². The second kappa shape index (κ2) is 4.33. The van der Waals surface area contributed by atoms with Crippen molar-refractivity contribution in [3.05, 3.63) is 35.9 Å². The molecule has 17 heavy (non-hydrogen) atoms. The van der Waals surface area contributed by atoms with Crippen LogP contribution < -0.4 is 9.47 Å². The summed E-state index contributed by atoms with van der Waals surface area (Å²) in [6, 6.07) is 9.83. The molecular formula is C13H11O4. The van der Waals surface area contributed by atoms with Gasteiger partial charge in [0.1, 0.15) is 17.1 Å². The Balaban J connectivity index is 2.78. The predicted molar refractivity (Wildman–Crippen MR) is 62.8 cm³/mol. The summed E-state index contributed by atoms with van der Waals surface area (Å²) in [4.78, 5) is 11.0. The number of fused-ring (bicyclic) bond motifs is 1. The van der Waals surface area contributed by atoms with Gasteiger partial charge < -0.3 is 14.6 Å². The third-order valence-electron chi connectivity index (χ3n) is 2.50. The first-order chi connectivity index (χ1) is 8.17. The van der Waals surface area contributed by atoms with E-state index in [0.717, 1.165) is 5.39 Å². The van der Waals surface area contributed by atoms with Crippen molar-refractivity contribution in [2.75, 3.05) is 14.2 Å². The lowest BCUT2D eigenvalue weighted by atomic mass is 10.0. The number of rotatable bonds is 3. The Bertz CT molecular complexity index is 575. The molecule has 0 unspecified atom stereocenters. The lowest BCUT2D eigenvalue weighted by Gasteiger charge is -2.09. The Kier molecular flexibility index (Phi) is 2.87. The highest BCUT2D eigenvalue weighted by Crippen LogP contribution is 2.31. The summed E-state index contributed by atoms with van der Waals surface area (Å²) < 4.78 is 10.3. The molecule has 4 nitrogen and oxygen atoms in total. The fourth-order valence-corrected chi connectivity index (χ4v) is 1.70. The molecular weight excluding hydrogens is 220 g/mol. The number of carboxylic acid groups (broad SMARTS) is 1. The molecule has 0 saturated carbocycles. The first-order valence-corrected chi connectivity index (χ1v) is 4.97. The average molecular weight is 231 g/mol. The minimum absolute atomic E-state index is 0.0215. The van der Waals surface area contributed by atoms with Gasteiger partial charge in [0.2, 0.25) is 0 Å². The smallest absolute Gasteiger partial charge is 0.340 e. The molecule has 0 heterocycles. The summed E-state index contributed by atoms with van der Waals surface area (Å²) in [6.45, 7) is 0. The van der Waals surface area contributed by atoms with Crippen LogP contribution in [0.4, 0.5) is 0 Å². The van der Waals surface area contributed by atoms with Crippen molar-refractivity contribution in [3.63, 3.8) is 0 Å². The van der Waals surface area contributed by atoms with Crippen LogP contribution >= 0.6 is 0 Å². The van der Waals surface area contributed by atoms with Gasteiger partial charge in [-0.25, -0.2) is 4.79 Å². The molecule has 0 fully saturated rings. The van der Waals surface area contributed by atoms with E-state index in [1.807, 2.05) is 0 Å². The number of aromatic carboxylic acids is 1. The highest BCUT2D eigenvalue weighted by Gasteiger charge is 2.14. The Morgan fingerprint density at radius 2 is 1.94 bits per heavy atom. The Hall–Kier alpha value is -2.23. The lowest BCUT2D eigenvalue weighted by molar-refractivity contribution is 0.0693. The summed E-state index contributed by atoms with van der Waals surface area (Å²) in [5.41, 5.74) is 0.0215. The molecule has 4 heteroatoms. The first kappa shape index (κ1) is 11.3. The summed E-state index contributed by atoms with van der Waals surface area (Å²) in [7, 11) is 2.99. The van der Waals surface area contributed by atoms with Crippen LogP contribution in [0.1, 0.15) is 10.4 Å². The average Bonchev–Trinajstić information content (AvgIpc) is 2.36. The zero-order valence-corrected chi connectivity index (χ0v) is 9.48. The lowest BCUT2D eigenvalue weighted by Crippen LogP contribution is -2.01. The van der Waals surface area contributed by atoms with Crippen LogP contribution in [0.15, 0.2) is 24.3 Å². The van der Waals surface area contributed by atoms with Crippen LogP contribution in [0.5, 0.6) is 11.5 Å². The second-order valence-electron chi connectivity index (χ2n) is 3.44. The van der Waals surface area contributed by atoms with E-state index in [4.69, 9.17) is 14.6 Å². The van der Waals surface area contributed by atoms with Crippen molar-refractivity contribution < 1.29 is 19.4 Å². The Labute approximate surface area is 98.4 Å². The van der Waals surface area contributed by atoms with Gasteiger partial charge in [-0.15, -0.1) is 0 Å². The molecule has 0 aliphatic carbocycles. The number of carboxylic acids is 1. The number of hydrogen-bond acceptors (Lipinski definition) is 3. The van der Waals surface area contributed by atoms with Gasteiger partial charge in [-0.2, -0.15) is 0 Å². The molecule has 0 atom stereocenters. The maximum absolute atomic E-state index is 11.0. The van der Waals surface area contributed by atoms with Crippen LogP contribution in [-0.4, -0.2) is 25.3 Å². The van der Waals surface area contributed by atoms with Gasteiger partial charge in [-0.05, 0) is 17.5 Å². The van der Waals surface area contributed by atoms with Gasteiger partial charge >= 0.3 is 5.97 Å². The molecule has 2 rings (SSSR count). The van der Waals surface area contributed by atoms with E-state index in [1.165, 1.54) is 7.11 Å². The molecule has 0 spiro atoms. The van der Waals surface area contributed by atoms with Crippen LogP contribution in [0.2, 0.25) is 0 Å². The van der Waals surface area contributed by atoms with Gasteiger partial charge in [0.25, 0.3) is 0 Å². The topological polar surface area (TPSA) is 55.8 Å². The molecule has 0 saturated heterocycles. The monoisotopic (exact) mass is 231 g/mol. The third kappa shape index (κ3) is 1.89. The van der Waals surface area contributed by atoms with Crippen LogP contribution in [0, 0.1) is 6.07 Å². The van der Waals surface area contributed by atoms with Crippen molar-refractivity contribution in [1.82, 2.24) is 0 Å². The molecule has 1 N–H and O–H groups in total. The molecule has 0 amide bonds. The summed E-state index contributed by atoms with van der Waals surface area (Å²) >= 11 is 0. The van der Waals surface area contributed by atoms with E-state index in [-0.39, 0.29) is 11.3 Å². The highest BCUT2D eigenvalue weighted by atomic mass is 16.5. The molecule has 0 aromatic heterocycles. The van der Waals surface area contributed by atoms with E-state index in [0.29, 0.717) is 11.1 Å². The summed E-state index contributed by atoms with van der Waals surface area (Å²) in [6.07, 6.45) is 0. The highest BCUT2D eigenvalue weighted by molar-refractivity contribution is 5.99. The molecule has 2 aromatic carbocycles. The standard InChI is InChI=1S/C13H11O4/c1-16-11-5-3-4-8-6-10(13(14)15)12(17-2)7-9(8)11/h3-5,7H,1-2H3,(H,14,15). The van der Waals surface area contributed by atoms with Gasteiger partial charge in [0.15, 0.2) is 0 Å². The zero-order chi connectivity index (χ0) is 12.4. The van der Waals surface area contributed by atoms with E-state index < -0.39 is 5.97 Å². The molecule has 1 radical (unpaired) electrons. The molecule has 0 aliphatic rings. The van der Waals surface area contributed by atoms with Crippen molar-refractivity contribution in [2.45, 2.75) is 0 Å². The number of methoxy groups -OCH3 is 2. The van der Waals surface area contributed by atoms with E-state index in [1.54, 1.807) is 31.4 Å². The SMILES string of the molecule is COc1cc2c(OC)cccc2[c]c1C(=O)O. The van der Waals surface area contributed by atoms with Crippen molar-refractivity contribution >= 4 is 16.7 Å². The first-order valence-electron chi connectivity index (χ1n) is 4.97.